The first-order valence-corrected chi connectivity index (χ1v) is 12.2. The molecule has 0 saturated carbocycles. The molecule has 10 heteroatoms. The second kappa shape index (κ2) is 9.22. The molecule has 9 nitrogen and oxygen atoms in total. The molecule has 176 valence electrons. The van der Waals surface area contributed by atoms with Crippen molar-refractivity contribution >= 4 is 39.2 Å². The Morgan fingerprint density at radius 3 is 2.44 bits per heavy atom. The van der Waals surface area contributed by atoms with Gasteiger partial charge in [-0.15, -0.1) is 0 Å². The normalized spacial score (nSPS) is 15.9. The van der Waals surface area contributed by atoms with Gasteiger partial charge >= 0.3 is 0 Å². The van der Waals surface area contributed by atoms with Gasteiger partial charge in [0.25, 0.3) is 10.0 Å². The van der Waals surface area contributed by atoms with Crippen molar-refractivity contribution in [3.8, 4) is 0 Å². The zero-order valence-corrected chi connectivity index (χ0v) is 19.9. The van der Waals surface area contributed by atoms with Crippen LogP contribution in [0.25, 0.3) is 0 Å². The number of aryl methyl sites for hydroxylation is 3. The fraction of sp³-hybridized carbons (Fsp3) is 0.250. The predicted octanol–water partition coefficient (Wildman–Crippen LogP) is 3.19. The van der Waals surface area contributed by atoms with Crippen molar-refractivity contribution in [2.75, 3.05) is 21.5 Å². The van der Waals surface area contributed by atoms with Crippen molar-refractivity contribution in [3.63, 3.8) is 0 Å². The van der Waals surface area contributed by atoms with Gasteiger partial charge in [0.1, 0.15) is 0 Å². The van der Waals surface area contributed by atoms with Crippen molar-refractivity contribution in [1.82, 2.24) is 9.97 Å². The number of benzene rings is 2. The van der Waals surface area contributed by atoms with E-state index in [-0.39, 0.29) is 29.1 Å². The molecular formula is C24H25N5O4S. The molecule has 34 heavy (non-hydrogen) atoms. The third-order valence-corrected chi connectivity index (χ3v) is 7.09. The van der Waals surface area contributed by atoms with Crippen LogP contribution < -0.4 is 14.9 Å². The van der Waals surface area contributed by atoms with Crippen LogP contribution in [0, 0.1) is 26.7 Å². The Balaban J connectivity index is 1.41. The smallest absolute Gasteiger partial charge is 0.264 e. The molecule has 4 rings (SSSR count). The van der Waals surface area contributed by atoms with E-state index < -0.39 is 15.9 Å². The van der Waals surface area contributed by atoms with E-state index in [1.807, 2.05) is 32.0 Å². The summed E-state index contributed by atoms with van der Waals surface area (Å²) in [5.74, 6) is -0.912. The Labute approximate surface area is 198 Å². The maximum atomic E-state index is 12.8. The van der Waals surface area contributed by atoms with Crippen molar-refractivity contribution < 1.29 is 18.0 Å². The van der Waals surface area contributed by atoms with Gasteiger partial charge in [0, 0.05) is 36.2 Å². The number of anilines is 3. The Kier molecular flexibility index (Phi) is 6.34. The fourth-order valence-corrected chi connectivity index (χ4v) is 4.62. The number of nitrogens with one attached hydrogen (secondary N) is 2. The first-order chi connectivity index (χ1) is 16.1. The van der Waals surface area contributed by atoms with Crippen molar-refractivity contribution in [2.45, 2.75) is 32.1 Å². The molecule has 2 N–H and O–H groups in total. The van der Waals surface area contributed by atoms with Crippen LogP contribution in [-0.2, 0) is 19.6 Å². The van der Waals surface area contributed by atoms with E-state index >= 15 is 0 Å². The largest absolute Gasteiger partial charge is 0.326 e. The second-order valence-corrected chi connectivity index (χ2v) is 10.00. The van der Waals surface area contributed by atoms with Crippen LogP contribution in [0.2, 0.25) is 0 Å². The van der Waals surface area contributed by atoms with E-state index in [1.54, 1.807) is 17.9 Å². The average Bonchev–Trinajstić information content (AvgIpc) is 3.17. The van der Waals surface area contributed by atoms with Gasteiger partial charge in [-0.05, 0) is 74.4 Å². The molecule has 1 aliphatic heterocycles. The molecule has 0 aliphatic carbocycles. The summed E-state index contributed by atoms with van der Waals surface area (Å²) in [5.41, 5.74) is 4.07. The summed E-state index contributed by atoms with van der Waals surface area (Å²) in [6.45, 7) is 6.01. The lowest BCUT2D eigenvalue weighted by molar-refractivity contribution is -0.122. The number of hydrogen-bond donors (Lipinski definition) is 2. The van der Waals surface area contributed by atoms with Crippen LogP contribution in [0.1, 0.15) is 23.2 Å². The number of sulfonamides is 1. The standard InChI is InChI=1S/C24H25N5O4S/c1-15-4-7-20(12-16(15)2)29-14-18(13-22(29)30)23(31)27-19-5-8-21(9-6-19)34(32,33)28-24-25-11-10-17(3)26-24/h4-12,18H,13-14H2,1-3H3,(H,27,31)(H,25,26,28). The first-order valence-electron chi connectivity index (χ1n) is 10.7. The minimum Gasteiger partial charge on any atom is -0.326 e. The Morgan fingerprint density at radius 2 is 1.76 bits per heavy atom. The van der Waals surface area contributed by atoms with Gasteiger partial charge in [0.2, 0.25) is 17.8 Å². The molecule has 1 fully saturated rings. The molecule has 1 aliphatic rings. The predicted molar refractivity (Wildman–Crippen MR) is 129 cm³/mol. The molecule has 2 heterocycles. The molecule has 1 aromatic heterocycles. The maximum Gasteiger partial charge on any atom is 0.264 e. The van der Waals surface area contributed by atoms with Crippen LogP contribution in [-0.4, -0.2) is 36.7 Å². The van der Waals surface area contributed by atoms with E-state index in [4.69, 9.17) is 0 Å². The zero-order valence-electron chi connectivity index (χ0n) is 19.1. The zero-order chi connectivity index (χ0) is 24.5. The lowest BCUT2D eigenvalue weighted by Gasteiger charge is -2.18. The quantitative estimate of drug-likeness (QED) is 0.560. The number of amides is 2. The van der Waals surface area contributed by atoms with Crippen LogP contribution in [0.5, 0.6) is 0 Å². The molecule has 2 aromatic carbocycles. The van der Waals surface area contributed by atoms with Gasteiger partial charge in [-0.1, -0.05) is 6.07 Å². The summed E-state index contributed by atoms with van der Waals surface area (Å²) in [6.07, 6.45) is 1.58. The van der Waals surface area contributed by atoms with Crippen molar-refractivity contribution in [3.05, 3.63) is 71.5 Å². The first kappa shape index (κ1) is 23.4. The molecule has 1 saturated heterocycles. The number of carbonyl (C=O) groups is 2. The molecule has 0 spiro atoms. The highest BCUT2D eigenvalue weighted by molar-refractivity contribution is 7.92. The van der Waals surface area contributed by atoms with E-state index in [0.717, 1.165) is 16.8 Å². The molecule has 3 aromatic rings. The van der Waals surface area contributed by atoms with Crippen LogP contribution in [0.4, 0.5) is 17.3 Å². The summed E-state index contributed by atoms with van der Waals surface area (Å²) in [4.78, 5) is 34.9. The van der Waals surface area contributed by atoms with E-state index in [9.17, 15) is 18.0 Å². The lowest BCUT2D eigenvalue weighted by Crippen LogP contribution is -2.28. The Morgan fingerprint density at radius 1 is 1.03 bits per heavy atom. The molecular weight excluding hydrogens is 454 g/mol. The number of aromatic nitrogens is 2. The van der Waals surface area contributed by atoms with Gasteiger partial charge in [0.15, 0.2) is 0 Å². The molecule has 1 atom stereocenters. The summed E-state index contributed by atoms with van der Waals surface area (Å²) >= 11 is 0. The third-order valence-electron chi connectivity index (χ3n) is 5.75. The van der Waals surface area contributed by atoms with Gasteiger partial charge in [-0.3, -0.25) is 9.59 Å². The van der Waals surface area contributed by atoms with E-state index in [0.29, 0.717) is 17.9 Å². The second-order valence-electron chi connectivity index (χ2n) is 8.31. The van der Waals surface area contributed by atoms with E-state index in [1.165, 1.54) is 30.5 Å². The highest BCUT2D eigenvalue weighted by Crippen LogP contribution is 2.28. The van der Waals surface area contributed by atoms with Crippen LogP contribution in [0.3, 0.4) is 0 Å². The minimum absolute atomic E-state index is 0.00700. The Hall–Kier alpha value is -3.79. The molecule has 0 radical (unpaired) electrons. The maximum absolute atomic E-state index is 12.8. The monoisotopic (exact) mass is 479 g/mol. The minimum atomic E-state index is -3.88. The van der Waals surface area contributed by atoms with Gasteiger partial charge in [-0.25, -0.2) is 23.1 Å². The summed E-state index contributed by atoms with van der Waals surface area (Å²) < 4.78 is 27.5. The van der Waals surface area contributed by atoms with Crippen molar-refractivity contribution in [2.24, 2.45) is 5.92 Å². The number of hydrogen-bond acceptors (Lipinski definition) is 6. The SMILES string of the molecule is Cc1ccnc(NS(=O)(=O)c2ccc(NC(=O)C3CC(=O)N(c4ccc(C)c(C)c4)C3)cc2)n1. The van der Waals surface area contributed by atoms with Crippen LogP contribution in [0.15, 0.2) is 59.6 Å². The van der Waals surface area contributed by atoms with Gasteiger partial charge < -0.3 is 10.2 Å². The molecule has 0 bridgehead atoms. The van der Waals surface area contributed by atoms with Crippen molar-refractivity contribution in [1.29, 1.82) is 0 Å². The van der Waals surface area contributed by atoms with Crippen LogP contribution >= 0.6 is 0 Å². The van der Waals surface area contributed by atoms with Gasteiger partial charge in [0.05, 0.1) is 10.8 Å². The average molecular weight is 480 g/mol. The highest BCUT2D eigenvalue weighted by atomic mass is 32.2. The summed E-state index contributed by atoms with van der Waals surface area (Å²) in [5, 5.41) is 2.78. The number of carbonyl (C=O) groups excluding carboxylic acids is 2. The summed E-state index contributed by atoms with van der Waals surface area (Å²) in [7, 11) is -3.88. The molecule has 2 amide bonds. The highest BCUT2D eigenvalue weighted by Gasteiger charge is 2.35. The Bertz CT molecular complexity index is 1360. The van der Waals surface area contributed by atoms with Gasteiger partial charge in [-0.2, -0.15) is 0 Å². The topological polar surface area (TPSA) is 121 Å². The lowest BCUT2D eigenvalue weighted by atomic mass is 10.1. The number of rotatable bonds is 6. The van der Waals surface area contributed by atoms with E-state index in [2.05, 4.69) is 20.0 Å². The summed E-state index contributed by atoms with van der Waals surface area (Å²) in [6, 6.07) is 13.2. The molecule has 1 unspecified atom stereocenters. The fourth-order valence-electron chi connectivity index (χ4n) is 3.67. The number of nitrogens with zero attached hydrogens (tertiary/aromatic N) is 3. The third kappa shape index (κ3) is 5.07.